The van der Waals surface area contributed by atoms with E-state index in [0.717, 1.165) is 11.7 Å². The third-order valence-corrected chi connectivity index (χ3v) is 5.13. The van der Waals surface area contributed by atoms with E-state index in [1.54, 1.807) is 5.56 Å². The van der Waals surface area contributed by atoms with Crippen LogP contribution in [0.5, 0.6) is 5.75 Å². The largest absolute Gasteiger partial charge is 0.496 e. The second kappa shape index (κ2) is 6.17. The summed E-state index contributed by atoms with van der Waals surface area (Å²) in [6, 6.07) is 2.33. The highest BCUT2D eigenvalue weighted by molar-refractivity contribution is 5.50. The van der Waals surface area contributed by atoms with Gasteiger partial charge in [-0.1, -0.05) is 0 Å². The van der Waals surface area contributed by atoms with Crippen LogP contribution < -0.4 is 10.1 Å². The molecule has 1 unspecified atom stereocenters. The van der Waals surface area contributed by atoms with E-state index in [4.69, 9.17) is 4.74 Å². The van der Waals surface area contributed by atoms with Gasteiger partial charge in [-0.2, -0.15) is 0 Å². The maximum absolute atomic E-state index is 5.71. The molecule has 1 aliphatic carbocycles. The summed E-state index contributed by atoms with van der Waals surface area (Å²) in [7, 11) is 1.83. The summed E-state index contributed by atoms with van der Waals surface area (Å²) in [5.74, 6) is 1.91. The van der Waals surface area contributed by atoms with Crippen molar-refractivity contribution >= 4 is 0 Å². The first-order chi connectivity index (χ1) is 9.79. The smallest absolute Gasteiger partial charge is 0.122 e. The molecule has 0 bridgehead atoms. The van der Waals surface area contributed by atoms with Crippen LogP contribution in [0.2, 0.25) is 0 Å². The number of methoxy groups -OCH3 is 1. The van der Waals surface area contributed by atoms with Crippen molar-refractivity contribution in [3.8, 4) is 5.75 Å². The highest BCUT2D eigenvalue weighted by Gasteiger charge is 2.21. The van der Waals surface area contributed by atoms with Gasteiger partial charge in [0.05, 0.1) is 7.11 Å². The summed E-state index contributed by atoms with van der Waals surface area (Å²) in [6.45, 7) is 4.68. The Morgan fingerprint density at radius 1 is 1.25 bits per heavy atom. The molecule has 110 valence electrons. The van der Waals surface area contributed by atoms with Crippen molar-refractivity contribution in [2.45, 2.75) is 51.9 Å². The minimum atomic E-state index is 0.776. The third-order valence-electron chi connectivity index (χ3n) is 5.13. The molecule has 0 amide bonds. The topological polar surface area (TPSA) is 21.3 Å². The lowest BCUT2D eigenvalue weighted by molar-refractivity contribution is 0.363. The van der Waals surface area contributed by atoms with Gasteiger partial charge < -0.3 is 10.1 Å². The first kappa shape index (κ1) is 13.9. The fourth-order valence-corrected chi connectivity index (χ4v) is 3.95. The molecule has 2 heteroatoms. The van der Waals surface area contributed by atoms with Gasteiger partial charge in [0.15, 0.2) is 0 Å². The molecule has 20 heavy (non-hydrogen) atoms. The first-order valence-corrected chi connectivity index (χ1v) is 8.18. The first-order valence-electron chi connectivity index (χ1n) is 8.18. The van der Waals surface area contributed by atoms with Crippen LogP contribution in [0, 0.1) is 12.8 Å². The zero-order valence-electron chi connectivity index (χ0n) is 12.9. The molecule has 1 aliphatic heterocycles. The molecular weight excluding hydrogens is 246 g/mol. The van der Waals surface area contributed by atoms with Crippen LogP contribution in [0.15, 0.2) is 6.07 Å². The molecule has 2 aliphatic rings. The molecule has 0 spiro atoms. The monoisotopic (exact) mass is 273 g/mol. The molecule has 1 aromatic rings. The highest BCUT2D eigenvalue weighted by Crippen LogP contribution is 2.35. The van der Waals surface area contributed by atoms with Gasteiger partial charge in [-0.25, -0.2) is 0 Å². The molecular formula is C18H27NO. The molecule has 1 aromatic carbocycles. The van der Waals surface area contributed by atoms with Gasteiger partial charge in [0.2, 0.25) is 0 Å². The fourth-order valence-electron chi connectivity index (χ4n) is 3.95. The quantitative estimate of drug-likeness (QED) is 0.911. The van der Waals surface area contributed by atoms with E-state index in [1.807, 2.05) is 7.11 Å². The van der Waals surface area contributed by atoms with Crippen LogP contribution in [0.4, 0.5) is 0 Å². The van der Waals surface area contributed by atoms with Crippen LogP contribution in [-0.2, 0) is 19.3 Å². The minimum absolute atomic E-state index is 0.776. The van der Waals surface area contributed by atoms with Crippen LogP contribution in [0.25, 0.3) is 0 Å². The lowest BCUT2D eigenvalue weighted by Crippen LogP contribution is -2.31. The number of rotatable bonds is 3. The molecule has 1 heterocycles. The van der Waals surface area contributed by atoms with Crippen molar-refractivity contribution < 1.29 is 4.74 Å². The summed E-state index contributed by atoms with van der Waals surface area (Å²) in [6.07, 6.45) is 9.03. The number of ether oxygens (including phenoxy) is 1. The summed E-state index contributed by atoms with van der Waals surface area (Å²) < 4.78 is 5.71. The van der Waals surface area contributed by atoms with Crippen molar-refractivity contribution in [2.75, 3.05) is 20.2 Å². The Morgan fingerprint density at radius 3 is 2.85 bits per heavy atom. The van der Waals surface area contributed by atoms with E-state index >= 15 is 0 Å². The predicted molar refractivity (Wildman–Crippen MR) is 83.7 cm³/mol. The van der Waals surface area contributed by atoms with Gasteiger partial charge in [-0.15, -0.1) is 0 Å². The number of aryl methyl sites for hydroxylation is 1. The average molecular weight is 273 g/mol. The van der Waals surface area contributed by atoms with Crippen LogP contribution in [0.3, 0.4) is 0 Å². The number of piperidine rings is 1. The standard InChI is InChI=1S/C18H27NO/c1-13-16-8-4-3-7-15(16)11-18(20-2)17(13)10-14-6-5-9-19-12-14/h11,14,19H,3-10,12H2,1-2H3. The average Bonchev–Trinajstić information content (AvgIpc) is 2.51. The van der Waals surface area contributed by atoms with E-state index in [1.165, 1.54) is 74.7 Å². The fraction of sp³-hybridized carbons (Fsp3) is 0.667. The maximum atomic E-state index is 5.71. The number of benzene rings is 1. The Hall–Kier alpha value is -1.02. The number of hydrogen-bond donors (Lipinski definition) is 1. The summed E-state index contributed by atoms with van der Waals surface area (Å²) in [4.78, 5) is 0. The number of hydrogen-bond acceptors (Lipinski definition) is 2. The zero-order valence-corrected chi connectivity index (χ0v) is 12.9. The Kier molecular flexibility index (Phi) is 4.30. The molecule has 1 fully saturated rings. The lowest BCUT2D eigenvalue weighted by Gasteiger charge is -2.27. The van der Waals surface area contributed by atoms with E-state index < -0.39 is 0 Å². The highest BCUT2D eigenvalue weighted by atomic mass is 16.5. The van der Waals surface area contributed by atoms with Gasteiger partial charge in [0.1, 0.15) is 5.75 Å². The number of nitrogens with one attached hydrogen (secondary N) is 1. The van der Waals surface area contributed by atoms with Crippen molar-refractivity contribution in [3.63, 3.8) is 0 Å². The molecule has 0 radical (unpaired) electrons. The Balaban J connectivity index is 1.91. The Labute approximate surface area is 122 Å². The zero-order chi connectivity index (χ0) is 13.9. The van der Waals surface area contributed by atoms with E-state index in [0.29, 0.717) is 0 Å². The Bertz CT molecular complexity index is 475. The molecule has 2 nitrogen and oxygen atoms in total. The summed E-state index contributed by atoms with van der Waals surface area (Å²) in [5, 5.41) is 3.53. The molecule has 0 saturated carbocycles. The normalized spacial score (nSPS) is 22.4. The van der Waals surface area contributed by atoms with Crippen molar-refractivity contribution in [1.29, 1.82) is 0 Å². The molecule has 0 aromatic heterocycles. The van der Waals surface area contributed by atoms with E-state index in [9.17, 15) is 0 Å². The molecule has 3 rings (SSSR count). The van der Waals surface area contributed by atoms with Gasteiger partial charge in [0, 0.05) is 0 Å². The minimum Gasteiger partial charge on any atom is -0.496 e. The lowest BCUT2D eigenvalue weighted by atomic mass is 9.82. The second-order valence-electron chi connectivity index (χ2n) is 6.44. The van der Waals surface area contributed by atoms with Gasteiger partial charge in [0.25, 0.3) is 0 Å². The summed E-state index contributed by atoms with van der Waals surface area (Å²) in [5.41, 5.74) is 6.15. The van der Waals surface area contributed by atoms with Crippen LogP contribution in [0.1, 0.15) is 47.9 Å². The van der Waals surface area contributed by atoms with E-state index in [-0.39, 0.29) is 0 Å². The second-order valence-corrected chi connectivity index (χ2v) is 6.44. The maximum Gasteiger partial charge on any atom is 0.122 e. The van der Waals surface area contributed by atoms with Crippen LogP contribution in [-0.4, -0.2) is 20.2 Å². The van der Waals surface area contributed by atoms with Gasteiger partial charge in [-0.05, 0) is 99.2 Å². The van der Waals surface area contributed by atoms with Crippen molar-refractivity contribution in [3.05, 3.63) is 28.3 Å². The van der Waals surface area contributed by atoms with Crippen molar-refractivity contribution in [1.82, 2.24) is 5.32 Å². The summed E-state index contributed by atoms with van der Waals surface area (Å²) >= 11 is 0. The molecule has 1 atom stereocenters. The predicted octanol–water partition coefficient (Wildman–Crippen LogP) is 3.42. The SMILES string of the molecule is COc1cc2c(c(C)c1CC1CCCNC1)CCCC2. The third kappa shape index (κ3) is 2.71. The van der Waals surface area contributed by atoms with E-state index in [2.05, 4.69) is 18.3 Å². The Morgan fingerprint density at radius 2 is 2.10 bits per heavy atom. The van der Waals surface area contributed by atoms with Crippen LogP contribution >= 0.6 is 0 Å². The number of fused-ring (bicyclic) bond motifs is 1. The van der Waals surface area contributed by atoms with Gasteiger partial charge >= 0.3 is 0 Å². The van der Waals surface area contributed by atoms with Crippen molar-refractivity contribution in [2.24, 2.45) is 5.92 Å². The van der Waals surface area contributed by atoms with Gasteiger partial charge in [-0.3, -0.25) is 0 Å². The molecule has 1 N–H and O–H groups in total. The molecule has 1 saturated heterocycles.